The molecule has 2 N–H and O–H groups in total. The zero-order valence-corrected chi connectivity index (χ0v) is 13.3. The number of nitrogens with zero attached hydrogens (tertiary/aromatic N) is 2. The minimum Gasteiger partial charge on any atom is -0.507 e. The molecule has 3 rings (SSSR count). The van der Waals surface area contributed by atoms with Crippen LogP contribution in [0, 0.1) is 20.7 Å². The molecule has 3 aromatic rings. The van der Waals surface area contributed by atoms with Crippen LogP contribution in [0.25, 0.3) is 22.7 Å². The molecule has 0 fully saturated rings. The maximum absolute atomic E-state index is 13.2. The number of hydrogen-bond donors (Lipinski definition) is 2. The fourth-order valence-electron chi connectivity index (χ4n) is 2.04. The van der Waals surface area contributed by atoms with E-state index in [0.29, 0.717) is 26.0 Å². The average Bonchev–Trinajstić information content (AvgIpc) is 2.91. The van der Waals surface area contributed by atoms with Gasteiger partial charge in [0.1, 0.15) is 23.5 Å². The van der Waals surface area contributed by atoms with Gasteiger partial charge in [0.15, 0.2) is 0 Å². The second-order valence-corrected chi connectivity index (χ2v) is 5.79. The molecule has 0 saturated carbocycles. The summed E-state index contributed by atoms with van der Waals surface area (Å²) in [5.74, 6) is 0.208. The second kappa shape index (κ2) is 5.77. The van der Waals surface area contributed by atoms with Gasteiger partial charge in [-0.15, -0.1) is 0 Å². The van der Waals surface area contributed by atoms with Crippen LogP contribution >= 0.6 is 22.6 Å². The van der Waals surface area contributed by atoms with Crippen LogP contribution in [0.1, 0.15) is 11.4 Å². The molecule has 108 valence electrons. The number of fused-ring (bicyclic) bond motifs is 1. The van der Waals surface area contributed by atoms with Gasteiger partial charge in [-0.2, -0.15) is 5.26 Å². The van der Waals surface area contributed by atoms with Gasteiger partial charge in [0, 0.05) is 0 Å². The van der Waals surface area contributed by atoms with Crippen molar-refractivity contribution in [2.24, 2.45) is 0 Å². The molecule has 22 heavy (non-hydrogen) atoms. The molecular weight excluding hydrogens is 396 g/mol. The van der Waals surface area contributed by atoms with Crippen LogP contribution in [-0.4, -0.2) is 15.1 Å². The number of nitrogens with one attached hydrogen (secondary N) is 1. The summed E-state index contributed by atoms with van der Waals surface area (Å²) in [6.45, 7) is 0. The number of aromatic hydroxyl groups is 1. The fourth-order valence-corrected chi connectivity index (χ4v) is 2.58. The summed E-state index contributed by atoms with van der Waals surface area (Å²) in [6.07, 6.45) is 1.66. The van der Waals surface area contributed by atoms with Gasteiger partial charge in [0.05, 0.1) is 20.2 Å². The number of rotatable bonds is 2. The van der Waals surface area contributed by atoms with Crippen LogP contribution in [0.5, 0.6) is 5.75 Å². The molecule has 0 bridgehead atoms. The average molecular weight is 405 g/mol. The van der Waals surface area contributed by atoms with Gasteiger partial charge in [-0.3, -0.25) is 0 Å². The lowest BCUT2D eigenvalue weighted by atomic mass is 10.1. The highest BCUT2D eigenvalue weighted by molar-refractivity contribution is 14.1. The number of aromatic nitrogens is 2. The summed E-state index contributed by atoms with van der Waals surface area (Å²) < 4.78 is 13.9. The Morgan fingerprint density at radius 3 is 2.86 bits per heavy atom. The number of hydrogen-bond acceptors (Lipinski definition) is 3. The van der Waals surface area contributed by atoms with Gasteiger partial charge in [0.2, 0.25) is 0 Å². The van der Waals surface area contributed by atoms with Crippen molar-refractivity contribution in [2.75, 3.05) is 0 Å². The maximum Gasteiger partial charge on any atom is 0.149 e. The molecule has 2 aromatic carbocycles. The van der Waals surface area contributed by atoms with Gasteiger partial charge in [0.25, 0.3) is 0 Å². The monoisotopic (exact) mass is 405 g/mol. The van der Waals surface area contributed by atoms with Crippen molar-refractivity contribution in [1.82, 2.24) is 9.97 Å². The van der Waals surface area contributed by atoms with E-state index in [0.717, 1.165) is 5.56 Å². The number of benzene rings is 2. The quantitative estimate of drug-likeness (QED) is 0.499. The summed E-state index contributed by atoms with van der Waals surface area (Å²) in [7, 11) is 0. The van der Waals surface area contributed by atoms with Crippen molar-refractivity contribution in [3.05, 3.63) is 57.2 Å². The molecule has 0 aliphatic carbocycles. The summed E-state index contributed by atoms with van der Waals surface area (Å²) in [4.78, 5) is 7.24. The molecule has 0 aliphatic heterocycles. The number of phenolic OH excluding ortho intramolecular Hbond substituents is 1. The van der Waals surface area contributed by atoms with E-state index in [4.69, 9.17) is 0 Å². The number of halogens is 2. The smallest absolute Gasteiger partial charge is 0.149 e. The highest BCUT2D eigenvalue weighted by Crippen LogP contribution is 2.24. The van der Waals surface area contributed by atoms with Crippen molar-refractivity contribution in [3.8, 4) is 11.8 Å². The Labute approximate surface area is 139 Å². The van der Waals surface area contributed by atoms with E-state index in [1.54, 1.807) is 30.3 Å². The zero-order chi connectivity index (χ0) is 15.7. The fraction of sp³-hybridized carbons (Fsp3) is 0. The molecule has 0 radical (unpaired) electrons. The van der Waals surface area contributed by atoms with E-state index >= 15 is 0 Å². The van der Waals surface area contributed by atoms with Crippen molar-refractivity contribution < 1.29 is 9.50 Å². The first-order valence-corrected chi connectivity index (χ1v) is 7.40. The zero-order valence-electron chi connectivity index (χ0n) is 11.1. The highest BCUT2D eigenvalue weighted by atomic mass is 127. The second-order valence-electron chi connectivity index (χ2n) is 4.63. The molecule has 0 amide bonds. The molecule has 1 aromatic heterocycles. The molecule has 4 nitrogen and oxygen atoms in total. The number of H-pyrrole nitrogens is 1. The maximum atomic E-state index is 13.2. The van der Waals surface area contributed by atoms with E-state index in [1.807, 2.05) is 22.6 Å². The Balaban J connectivity index is 2.07. The first-order valence-electron chi connectivity index (χ1n) is 6.33. The normalized spacial score (nSPS) is 11.6. The van der Waals surface area contributed by atoms with Gasteiger partial charge in [-0.25, -0.2) is 9.37 Å². The van der Waals surface area contributed by atoms with Gasteiger partial charge in [-0.05, 0) is 64.6 Å². The Morgan fingerprint density at radius 1 is 1.32 bits per heavy atom. The first kappa shape index (κ1) is 14.5. The summed E-state index contributed by atoms with van der Waals surface area (Å²) >= 11 is 2.01. The van der Waals surface area contributed by atoms with Crippen LogP contribution in [-0.2, 0) is 0 Å². The molecule has 1 heterocycles. The molecule has 0 aliphatic rings. The van der Waals surface area contributed by atoms with Crippen LogP contribution in [0.2, 0.25) is 0 Å². The highest BCUT2D eigenvalue weighted by Gasteiger charge is 2.09. The topological polar surface area (TPSA) is 72.7 Å². The van der Waals surface area contributed by atoms with Crippen molar-refractivity contribution in [2.45, 2.75) is 0 Å². The van der Waals surface area contributed by atoms with Gasteiger partial charge < -0.3 is 10.1 Å². The minimum atomic E-state index is -0.363. The lowest BCUT2D eigenvalue weighted by Crippen LogP contribution is -1.85. The predicted octanol–water partition coefficient (Wildman–Crippen LogP) is 4.08. The third-order valence-corrected chi connectivity index (χ3v) is 3.97. The van der Waals surface area contributed by atoms with Gasteiger partial charge >= 0.3 is 0 Å². The SMILES string of the molecule is N#C/C(=C/c1ccc(O)c(I)c1)c1nc2ccc(F)cc2[nH]1. The van der Waals surface area contributed by atoms with E-state index in [1.165, 1.54) is 12.1 Å². The third-order valence-electron chi connectivity index (χ3n) is 3.10. The third kappa shape index (κ3) is 2.80. The number of phenols is 1. The first-order chi connectivity index (χ1) is 10.6. The minimum absolute atomic E-state index is 0.190. The Kier molecular flexibility index (Phi) is 3.81. The summed E-state index contributed by atoms with van der Waals surface area (Å²) in [6, 6.07) is 11.3. The lowest BCUT2D eigenvalue weighted by molar-refractivity contribution is 0.471. The van der Waals surface area contributed by atoms with E-state index < -0.39 is 0 Å². The Bertz CT molecular complexity index is 940. The van der Waals surface area contributed by atoms with E-state index in [9.17, 15) is 14.8 Å². The Morgan fingerprint density at radius 2 is 2.14 bits per heavy atom. The predicted molar refractivity (Wildman–Crippen MR) is 90.4 cm³/mol. The molecule has 0 saturated heterocycles. The molecule has 6 heteroatoms. The van der Waals surface area contributed by atoms with Gasteiger partial charge in [-0.1, -0.05) is 6.07 Å². The number of aromatic amines is 1. The van der Waals surface area contributed by atoms with Crippen LogP contribution in [0.15, 0.2) is 36.4 Å². The van der Waals surface area contributed by atoms with Crippen molar-refractivity contribution in [3.63, 3.8) is 0 Å². The largest absolute Gasteiger partial charge is 0.507 e. The Hall–Kier alpha value is -2.40. The summed E-state index contributed by atoms with van der Waals surface area (Å²) in [5.41, 5.74) is 2.23. The number of allylic oxidation sites excluding steroid dienone is 1. The number of nitriles is 1. The summed E-state index contributed by atoms with van der Waals surface area (Å²) in [5, 5.41) is 18.9. The standard InChI is InChI=1S/C16H9FIN3O/c17-11-2-3-13-14(7-11)21-16(20-13)10(8-19)5-9-1-4-15(22)12(18)6-9/h1-7,22H,(H,20,21)/b10-5-. The van der Waals surface area contributed by atoms with E-state index in [2.05, 4.69) is 16.0 Å². The van der Waals surface area contributed by atoms with Crippen LogP contribution in [0.4, 0.5) is 4.39 Å². The van der Waals surface area contributed by atoms with E-state index in [-0.39, 0.29) is 11.6 Å². The molecule has 0 atom stereocenters. The van der Waals surface area contributed by atoms with Crippen molar-refractivity contribution >= 4 is 45.3 Å². The lowest BCUT2D eigenvalue weighted by Gasteiger charge is -1.99. The van der Waals surface area contributed by atoms with Crippen LogP contribution < -0.4 is 0 Å². The molecule has 0 spiro atoms. The van der Waals surface area contributed by atoms with Crippen molar-refractivity contribution in [1.29, 1.82) is 5.26 Å². The molecule has 0 unspecified atom stereocenters. The number of imidazole rings is 1. The molecular formula is C16H9FIN3O. The van der Waals surface area contributed by atoms with Crippen LogP contribution in [0.3, 0.4) is 0 Å².